The van der Waals surface area contributed by atoms with Crippen LogP contribution in [0, 0.1) is 5.92 Å². The van der Waals surface area contributed by atoms with Gasteiger partial charge in [-0.3, -0.25) is 4.90 Å². The smallest absolute Gasteiger partial charge is 0.0594 e. The summed E-state index contributed by atoms with van der Waals surface area (Å²) in [7, 11) is 0. The predicted molar refractivity (Wildman–Crippen MR) is 108 cm³/mol. The van der Waals surface area contributed by atoms with E-state index in [1.165, 1.54) is 76.1 Å². The van der Waals surface area contributed by atoms with Gasteiger partial charge < -0.3 is 14.5 Å². The fourth-order valence-electron chi connectivity index (χ4n) is 4.82. The van der Waals surface area contributed by atoms with Gasteiger partial charge in [-0.15, -0.1) is 0 Å². The molecule has 26 heavy (non-hydrogen) atoms. The zero-order valence-electron chi connectivity index (χ0n) is 16.2. The van der Waals surface area contributed by atoms with E-state index in [1.54, 1.807) is 0 Å². The Labute approximate surface area is 159 Å². The van der Waals surface area contributed by atoms with Crippen molar-refractivity contribution in [1.82, 2.24) is 9.80 Å². The van der Waals surface area contributed by atoms with Gasteiger partial charge in [-0.05, 0) is 56.3 Å². The van der Waals surface area contributed by atoms with Gasteiger partial charge in [-0.2, -0.15) is 0 Å². The molecule has 0 unspecified atom stereocenters. The number of piperidine rings is 2. The van der Waals surface area contributed by atoms with Crippen molar-refractivity contribution in [3.05, 3.63) is 29.8 Å². The largest absolute Gasteiger partial charge is 0.379 e. The molecule has 0 aliphatic carbocycles. The van der Waals surface area contributed by atoms with E-state index in [0.29, 0.717) is 0 Å². The van der Waals surface area contributed by atoms with E-state index >= 15 is 0 Å². The predicted octanol–water partition coefficient (Wildman–Crippen LogP) is 3.22. The van der Waals surface area contributed by atoms with Crippen LogP contribution in [0.3, 0.4) is 0 Å². The first-order valence-corrected chi connectivity index (χ1v) is 10.7. The fourth-order valence-corrected chi connectivity index (χ4v) is 4.82. The Morgan fingerprint density at radius 3 is 2.31 bits per heavy atom. The molecule has 1 aromatic carbocycles. The van der Waals surface area contributed by atoms with Crippen molar-refractivity contribution in [3.8, 4) is 0 Å². The molecule has 0 amide bonds. The third-order valence-electron chi connectivity index (χ3n) is 6.41. The van der Waals surface area contributed by atoms with Gasteiger partial charge in [0, 0.05) is 45.0 Å². The summed E-state index contributed by atoms with van der Waals surface area (Å²) >= 11 is 0. The third kappa shape index (κ3) is 4.79. The van der Waals surface area contributed by atoms with Gasteiger partial charge in [0.05, 0.1) is 13.2 Å². The highest BCUT2D eigenvalue weighted by Crippen LogP contribution is 2.28. The van der Waals surface area contributed by atoms with Gasteiger partial charge in [0.25, 0.3) is 0 Å². The van der Waals surface area contributed by atoms with Crippen molar-refractivity contribution >= 4 is 5.69 Å². The van der Waals surface area contributed by atoms with Crippen LogP contribution in [-0.2, 0) is 11.3 Å². The molecule has 144 valence electrons. The lowest BCUT2D eigenvalue weighted by atomic mass is 9.94. The van der Waals surface area contributed by atoms with Gasteiger partial charge in [0.2, 0.25) is 0 Å². The van der Waals surface area contributed by atoms with E-state index in [2.05, 4.69) is 39.0 Å². The summed E-state index contributed by atoms with van der Waals surface area (Å²) in [6, 6.07) is 9.06. The van der Waals surface area contributed by atoms with Crippen LogP contribution in [0.25, 0.3) is 0 Å². The number of nitrogens with zero attached hydrogens (tertiary/aromatic N) is 3. The highest BCUT2D eigenvalue weighted by Gasteiger charge is 2.24. The Kier molecular flexibility index (Phi) is 6.47. The third-order valence-corrected chi connectivity index (χ3v) is 6.41. The van der Waals surface area contributed by atoms with Crippen LogP contribution < -0.4 is 4.90 Å². The zero-order chi connectivity index (χ0) is 17.6. The molecule has 3 aliphatic rings. The summed E-state index contributed by atoms with van der Waals surface area (Å²) in [5.41, 5.74) is 2.96. The van der Waals surface area contributed by atoms with Crippen molar-refractivity contribution in [2.24, 2.45) is 5.92 Å². The standard InChI is InChI=1S/C22H35N3O/c1-4-10-23(11-5-1)18-20-8-12-25(13-9-20)22-7-3-2-6-21(22)19-24-14-16-26-17-15-24/h2-3,6-7,20H,1,4-5,8-19H2. The average molecular weight is 358 g/mol. The number of anilines is 1. The molecule has 3 heterocycles. The maximum Gasteiger partial charge on any atom is 0.0594 e. The summed E-state index contributed by atoms with van der Waals surface area (Å²) in [4.78, 5) is 7.89. The van der Waals surface area contributed by atoms with E-state index in [4.69, 9.17) is 4.74 Å². The molecule has 1 aromatic rings. The second-order valence-electron chi connectivity index (χ2n) is 8.31. The van der Waals surface area contributed by atoms with Gasteiger partial charge >= 0.3 is 0 Å². The minimum Gasteiger partial charge on any atom is -0.379 e. The number of likely N-dealkylation sites (tertiary alicyclic amines) is 1. The molecule has 0 spiro atoms. The van der Waals surface area contributed by atoms with Crippen LogP contribution >= 0.6 is 0 Å². The Morgan fingerprint density at radius 1 is 0.808 bits per heavy atom. The Balaban J connectivity index is 1.32. The summed E-state index contributed by atoms with van der Waals surface area (Å²) in [5, 5.41) is 0. The monoisotopic (exact) mass is 357 g/mol. The summed E-state index contributed by atoms with van der Waals surface area (Å²) in [5.74, 6) is 0.899. The molecular weight excluding hydrogens is 322 g/mol. The average Bonchev–Trinajstić information content (AvgIpc) is 2.71. The van der Waals surface area contributed by atoms with Crippen molar-refractivity contribution < 1.29 is 4.74 Å². The number of benzene rings is 1. The lowest BCUT2D eigenvalue weighted by Crippen LogP contribution is -2.41. The Hall–Kier alpha value is -1.10. The second-order valence-corrected chi connectivity index (χ2v) is 8.31. The summed E-state index contributed by atoms with van der Waals surface area (Å²) < 4.78 is 5.50. The van der Waals surface area contributed by atoms with E-state index in [-0.39, 0.29) is 0 Å². The molecule has 3 aliphatic heterocycles. The minimum atomic E-state index is 0.879. The minimum absolute atomic E-state index is 0.879. The molecule has 4 rings (SSSR count). The van der Waals surface area contributed by atoms with Crippen molar-refractivity contribution in [2.75, 3.05) is 63.9 Å². The number of ether oxygens (including phenoxy) is 1. The lowest BCUT2D eigenvalue weighted by Gasteiger charge is -2.38. The number of para-hydroxylation sites is 1. The Bertz CT molecular complexity index is 544. The van der Waals surface area contributed by atoms with E-state index in [1.807, 2.05) is 0 Å². The topological polar surface area (TPSA) is 19.0 Å². The molecule has 4 nitrogen and oxygen atoms in total. The summed E-state index contributed by atoms with van der Waals surface area (Å²) in [6.45, 7) is 11.4. The number of morpholine rings is 1. The van der Waals surface area contributed by atoms with Crippen molar-refractivity contribution in [1.29, 1.82) is 0 Å². The van der Waals surface area contributed by atoms with Gasteiger partial charge in [0.1, 0.15) is 0 Å². The maximum absolute atomic E-state index is 5.50. The number of rotatable bonds is 5. The molecule has 0 atom stereocenters. The first-order valence-electron chi connectivity index (χ1n) is 10.7. The molecule has 0 aromatic heterocycles. The van der Waals surface area contributed by atoms with E-state index in [0.717, 1.165) is 38.8 Å². The second kappa shape index (κ2) is 9.20. The quantitative estimate of drug-likeness (QED) is 0.805. The van der Waals surface area contributed by atoms with Gasteiger partial charge in [-0.25, -0.2) is 0 Å². The van der Waals surface area contributed by atoms with Crippen molar-refractivity contribution in [2.45, 2.75) is 38.6 Å². The van der Waals surface area contributed by atoms with Crippen LogP contribution in [0.5, 0.6) is 0 Å². The van der Waals surface area contributed by atoms with Gasteiger partial charge in [0.15, 0.2) is 0 Å². The maximum atomic E-state index is 5.50. The first-order chi connectivity index (χ1) is 12.9. The normalized spacial score (nSPS) is 24.1. The highest BCUT2D eigenvalue weighted by molar-refractivity contribution is 5.54. The molecule has 0 N–H and O–H groups in total. The molecular formula is C22H35N3O. The highest BCUT2D eigenvalue weighted by atomic mass is 16.5. The summed E-state index contributed by atoms with van der Waals surface area (Å²) in [6.07, 6.45) is 6.96. The van der Waals surface area contributed by atoms with Crippen LogP contribution in [-0.4, -0.2) is 68.8 Å². The SMILES string of the molecule is c1ccc(N2CCC(CN3CCCCC3)CC2)c(CN2CCOCC2)c1. The Morgan fingerprint density at radius 2 is 1.54 bits per heavy atom. The number of hydrogen-bond acceptors (Lipinski definition) is 4. The fraction of sp³-hybridized carbons (Fsp3) is 0.727. The molecule has 0 saturated carbocycles. The molecule has 0 radical (unpaired) electrons. The molecule has 3 saturated heterocycles. The molecule has 0 bridgehead atoms. The van der Waals surface area contributed by atoms with E-state index < -0.39 is 0 Å². The zero-order valence-corrected chi connectivity index (χ0v) is 16.2. The molecule has 4 heteroatoms. The van der Waals surface area contributed by atoms with E-state index in [9.17, 15) is 0 Å². The van der Waals surface area contributed by atoms with Crippen LogP contribution in [0.15, 0.2) is 24.3 Å². The lowest BCUT2D eigenvalue weighted by molar-refractivity contribution is 0.0342. The number of hydrogen-bond donors (Lipinski definition) is 0. The van der Waals surface area contributed by atoms with Crippen LogP contribution in [0.1, 0.15) is 37.7 Å². The van der Waals surface area contributed by atoms with Gasteiger partial charge in [-0.1, -0.05) is 24.6 Å². The van der Waals surface area contributed by atoms with Crippen LogP contribution in [0.4, 0.5) is 5.69 Å². The first kappa shape index (κ1) is 18.3. The van der Waals surface area contributed by atoms with Crippen LogP contribution in [0.2, 0.25) is 0 Å². The molecule has 3 fully saturated rings. The van der Waals surface area contributed by atoms with Crippen molar-refractivity contribution in [3.63, 3.8) is 0 Å².